The largest absolute Gasteiger partial charge is 0.303 e. The molecule has 11 heavy (non-hydrogen) atoms. The Labute approximate surface area is 87.4 Å². The summed E-state index contributed by atoms with van der Waals surface area (Å²) in [5, 5.41) is 3.39. The number of carbonyl (C=O) groups excluding carboxylic acids is 1. The van der Waals surface area contributed by atoms with Crippen LogP contribution in [0.3, 0.4) is 0 Å². The Morgan fingerprint density at radius 2 is 2.09 bits per heavy atom. The van der Waals surface area contributed by atoms with Crippen LogP contribution in [0.4, 0.5) is 0 Å². The zero-order chi connectivity index (χ0) is 7.78. The fourth-order valence-electron chi connectivity index (χ4n) is 0.679. The molecule has 0 fully saturated rings. The van der Waals surface area contributed by atoms with E-state index in [9.17, 15) is 4.79 Å². The van der Waals surface area contributed by atoms with Crippen molar-refractivity contribution >= 4 is 46.8 Å². The van der Waals surface area contributed by atoms with Gasteiger partial charge in [-0.15, -0.1) is 24.0 Å². The number of aliphatic imine (C=N–C) groups is 1. The SMILES string of the molecule is CSC1=NC(C)(C)C(=O)N1.I. The lowest BCUT2D eigenvalue weighted by Gasteiger charge is -2.07. The summed E-state index contributed by atoms with van der Waals surface area (Å²) >= 11 is 1.46. The second-order valence-corrected chi connectivity index (χ2v) is 3.43. The molecule has 1 heterocycles. The smallest absolute Gasteiger partial charge is 0.253 e. The summed E-state index contributed by atoms with van der Waals surface area (Å²) in [5.74, 6) is -0.0168. The predicted octanol–water partition coefficient (Wildman–Crippen LogP) is 1.23. The highest BCUT2D eigenvalue weighted by molar-refractivity contribution is 14.0. The molecule has 0 aliphatic carbocycles. The Balaban J connectivity index is 0.000001000. The second-order valence-electron chi connectivity index (χ2n) is 2.63. The highest BCUT2D eigenvalue weighted by atomic mass is 127. The average molecular weight is 286 g/mol. The van der Waals surface area contributed by atoms with Crippen LogP contribution in [0.15, 0.2) is 4.99 Å². The van der Waals surface area contributed by atoms with Crippen molar-refractivity contribution in [3.8, 4) is 0 Å². The molecule has 1 aliphatic heterocycles. The third-order valence-electron chi connectivity index (χ3n) is 1.35. The summed E-state index contributed by atoms with van der Waals surface area (Å²) in [6, 6.07) is 0. The van der Waals surface area contributed by atoms with E-state index in [0.717, 1.165) is 5.17 Å². The molecule has 1 aliphatic rings. The van der Waals surface area contributed by atoms with E-state index in [1.807, 2.05) is 6.26 Å². The molecule has 0 bridgehead atoms. The van der Waals surface area contributed by atoms with Gasteiger partial charge in [-0.1, -0.05) is 11.8 Å². The lowest BCUT2D eigenvalue weighted by Crippen LogP contribution is -2.33. The number of carbonyl (C=O) groups is 1. The number of nitrogens with zero attached hydrogens (tertiary/aromatic N) is 1. The van der Waals surface area contributed by atoms with Crippen LogP contribution in [0.5, 0.6) is 0 Å². The lowest BCUT2D eigenvalue weighted by molar-refractivity contribution is -0.122. The van der Waals surface area contributed by atoms with Crippen LogP contribution >= 0.6 is 35.7 Å². The van der Waals surface area contributed by atoms with Crippen molar-refractivity contribution in [2.24, 2.45) is 4.99 Å². The van der Waals surface area contributed by atoms with Gasteiger partial charge in [0.25, 0.3) is 5.91 Å². The first-order valence-electron chi connectivity index (χ1n) is 3.01. The topological polar surface area (TPSA) is 41.5 Å². The van der Waals surface area contributed by atoms with E-state index in [0.29, 0.717) is 0 Å². The molecular weight excluding hydrogens is 275 g/mol. The van der Waals surface area contributed by atoms with Gasteiger partial charge in [0, 0.05) is 0 Å². The van der Waals surface area contributed by atoms with Crippen molar-refractivity contribution in [1.82, 2.24) is 5.32 Å². The molecular formula is C6H11IN2OS. The van der Waals surface area contributed by atoms with Gasteiger partial charge >= 0.3 is 0 Å². The summed E-state index contributed by atoms with van der Waals surface area (Å²) in [4.78, 5) is 15.2. The Bertz CT molecular complexity index is 203. The number of halogens is 1. The Morgan fingerprint density at radius 1 is 1.55 bits per heavy atom. The third-order valence-corrected chi connectivity index (χ3v) is 1.93. The van der Waals surface area contributed by atoms with Crippen molar-refractivity contribution in [3.63, 3.8) is 0 Å². The average Bonchev–Trinajstić information content (AvgIpc) is 2.08. The van der Waals surface area contributed by atoms with Crippen molar-refractivity contribution < 1.29 is 4.79 Å². The van der Waals surface area contributed by atoms with Crippen LogP contribution in [0.25, 0.3) is 0 Å². The number of hydrogen-bond donors (Lipinski definition) is 1. The number of hydrogen-bond acceptors (Lipinski definition) is 3. The Morgan fingerprint density at radius 3 is 2.27 bits per heavy atom. The van der Waals surface area contributed by atoms with E-state index < -0.39 is 5.54 Å². The van der Waals surface area contributed by atoms with Crippen molar-refractivity contribution in [3.05, 3.63) is 0 Å². The third kappa shape index (κ3) is 2.33. The maximum absolute atomic E-state index is 11.0. The van der Waals surface area contributed by atoms with E-state index in [4.69, 9.17) is 0 Å². The summed E-state index contributed by atoms with van der Waals surface area (Å²) in [6.45, 7) is 3.59. The molecule has 1 rings (SSSR count). The van der Waals surface area contributed by atoms with E-state index in [-0.39, 0.29) is 29.9 Å². The van der Waals surface area contributed by atoms with Crippen LogP contribution in [0.2, 0.25) is 0 Å². The Kier molecular flexibility index (Phi) is 3.83. The van der Waals surface area contributed by atoms with Gasteiger partial charge in [0.15, 0.2) is 5.17 Å². The first kappa shape index (κ1) is 11.2. The van der Waals surface area contributed by atoms with Gasteiger partial charge in [0.2, 0.25) is 0 Å². The fraction of sp³-hybridized carbons (Fsp3) is 0.667. The summed E-state index contributed by atoms with van der Waals surface area (Å²) in [5.41, 5.74) is -0.557. The van der Waals surface area contributed by atoms with Gasteiger partial charge in [-0.2, -0.15) is 0 Å². The quantitative estimate of drug-likeness (QED) is 0.681. The number of rotatable bonds is 0. The van der Waals surface area contributed by atoms with E-state index >= 15 is 0 Å². The lowest BCUT2D eigenvalue weighted by atomic mass is 10.1. The molecule has 0 radical (unpaired) electrons. The van der Waals surface area contributed by atoms with Gasteiger partial charge in [0.1, 0.15) is 5.54 Å². The zero-order valence-corrected chi connectivity index (χ0v) is 9.82. The minimum absolute atomic E-state index is 0. The number of nitrogens with one attached hydrogen (secondary N) is 1. The minimum Gasteiger partial charge on any atom is -0.303 e. The van der Waals surface area contributed by atoms with Crippen molar-refractivity contribution in [2.75, 3.05) is 6.26 Å². The van der Waals surface area contributed by atoms with Gasteiger partial charge in [-0.25, -0.2) is 4.99 Å². The van der Waals surface area contributed by atoms with Gasteiger partial charge < -0.3 is 5.32 Å². The molecule has 0 spiro atoms. The monoisotopic (exact) mass is 286 g/mol. The first-order chi connectivity index (χ1) is 4.56. The Hall–Kier alpha value is 0.220. The standard InChI is InChI=1S/C6H10N2OS.HI/c1-6(2)4(9)7-5(8-6)10-3;/h1-3H3,(H,7,8,9);1H. The van der Waals surface area contributed by atoms with Gasteiger partial charge in [0.05, 0.1) is 0 Å². The highest BCUT2D eigenvalue weighted by Gasteiger charge is 2.33. The van der Waals surface area contributed by atoms with Crippen LogP contribution in [0.1, 0.15) is 13.8 Å². The molecule has 0 aromatic rings. The minimum atomic E-state index is -0.557. The van der Waals surface area contributed by atoms with Crippen molar-refractivity contribution in [2.45, 2.75) is 19.4 Å². The first-order valence-corrected chi connectivity index (χ1v) is 4.24. The molecule has 0 saturated carbocycles. The fourth-order valence-corrected chi connectivity index (χ4v) is 1.19. The number of amides is 1. The molecule has 0 atom stereocenters. The molecule has 5 heteroatoms. The zero-order valence-electron chi connectivity index (χ0n) is 6.67. The molecule has 0 aromatic carbocycles. The van der Waals surface area contributed by atoms with Crippen LogP contribution in [-0.4, -0.2) is 22.9 Å². The van der Waals surface area contributed by atoms with Crippen LogP contribution < -0.4 is 5.32 Å². The molecule has 3 nitrogen and oxygen atoms in total. The van der Waals surface area contributed by atoms with Crippen LogP contribution in [-0.2, 0) is 4.79 Å². The number of amidine groups is 1. The van der Waals surface area contributed by atoms with E-state index in [1.165, 1.54) is 11.8 Å². The van der Waals surface area contributed by atoms with Gasteiger partial charge in [-0.3, -0.25) is 4.79 Å². The van der Waals surface area contributed by atoms with Crippen LogP contribution in [0, 0.1) is 0 Å². The van der Waals surface area contributed by atoms with Crippen molar-refractivity contribution in [1.29, 1.82) is 0 Å². The molecule has 1 N–H and O–H groups in total. The molecule has 1 amide bonds. The van der Waals surface area contributed by atoms with E-state index in [2.05, 4.69) is 10.3 Å². The maximum Gasteiger partial charge on any atom is 0.253 e. The molecule has 0 unspecified atom stereocenters. The second kappa shape index (κ2) is 3.75. The van der Waals surface area contributed by atoms with E-state index in [1.54, 1.807) is 13.8 Å². The highest BCUT2D eigenvalue weighted by Crippen LogP contribution is 2.17. The normalized spacial score (nSPS) is 20.3. The van der Waals surface area contributed by atoms with Gasteiger partial charge in [-0.05, 0) is 20.1 Å². The maximum atomic E-state index is 11.0. The summed E-state index contributed by atoms with van der Waals surface area (Å²) < 4.78 is 0. The molecule has 64 valence electrons. The summed E-state index contributed by atoms with van der Waals surface area (Å²) in [7, 11) is 0. The predicted molar refractivity (Wildman–Crippen MR) is 58.6 cm³/mol. The molecule has 0 aromatic heterocycles. The molecule has 0 saturated heterocycles. The summed E-state index contributed by atoms with van der Waals surface area (Å²) in [6.07, 6.45) is 1.89. The number of thioether (sulfide) groups is 1.